The van der Waals surface area contributed by atoms with E-state index in [1.54, 1.807) is 54.3 Å². The third-order valence-corrected chi connectivity index (χ3v) is 5.16. The zero-order valence-corrected chi connectivity index (χ0v) is 17.2. The van der Waals surface area contributed by atoms with Gasteiger partial charge < -0.3 is 5.32 Å². The van der Waals surface area contributed by atoms with Crippen LogP contribution >= 0.6 is 0 Å². The minimum absolute atomic E-state index is 0.300. The van der Waals surface area contributed by atoms with Gasteiger partial charge in [-0.3, -0.25) is 9.48 Å². The number of hydrogen-bond donors (Lipinski definition) is 1. The lowest BCUT2D eigenvalue weighted by Crippen LogP contribution is -2.14. The summed E-state index contributed by atoms with van der Waals surface area (Å²) in [4.78, 5) is 12.7. The largest absolute Gasteiger partial charge is 0.418 e. The van der Waals surface area contributed by atoms with Gasteiger partial charge in [0, 0.05) is 29.4 Å². The number of alkyl halides is 3. The third kappa shape index (κ3) is 3.96. The minimum atomic E-state index is -4.60. The van der Waals surface area contributed by atoms with E-state index >= 15 is 0 Å². The topological polar surface area (TPSA) is 72.7 Å². The Morgan fingerprint density at radius 1 is 1.12 bits per heavy atom. The van der Waals surface area contributed by atoms with Crippen molar-refractivity contribution >= 4 is 28.1 Å². The number of carbonyl (C=O) groups excluding carboxylic acids is 1. The van der Waals surface area contributed by atoms with Crippen LogP contribution < -0.4 is 5.32 Å². The van der Waals surface area contributed by atoms with Crippen LogP contribution in [0.4, 0.5) is 19.0 Å². The zero-order valence-electron chi connectivity index (χ0n) is 17.2. The molecule has 0 aliphatic carbocycles. The number of hydrogen-bond acceptors (Lipinski definition) is 4. The van der Waals surface area contributed by atoms with Gasteiger partial charge in [0.15, 0.2) is 0 Å². The number of aryl methyl sites for hydroxylation is 2. The zero-order chi connectivity index (χ0) is 23.0. The van der Waals surface area contributed by atoms with E-state index in [4.69, 9.17) is 0 Å². The molecule has 2 aromatic heterocycles. The van der Waals surface area contributed by atoms with E-state index in [0.29, 0.717) is 22.2 Å². The maximum atomic E-state index is 13.1. The summed E-state index contributed by atoms with van der Waals surface area (Å²) in [5.74, 6) is 0.254. The molecule has 6 nitrogen and oxygen atoms in total. The number of benzene rings is 2. The summed E-state index contributed by atoms with van der Waals surface area (Å²) in [6.45, 7) is 5.02. The maximum Gasteiger partial charge on any atom is 0.418 e. The first-order chi connectivity index (χ1) is 15.1. The number of anilines is 1. The van der Waals surface area contributed by atoms with Crippen LogP contribution in [0, 0.1) is 6.92 Å². The molecule has 0 spiro atoms. The number of halogens is 3. The first-order valence-corrected chi connectivity index (χ1v) is 9.57. The van der Waals surface area contributed by atoms with Gasteiger partial charge in [-0.05, 0) is 41.8 Å². The summed E-state index contributed by atoms with van der Waals surface area (Å²) >= 11 is 0. The van der Waals surface area contributed by atoms with E-state index < -0.39 is 11.7 Å². The van der Waals surface area contributed by atoms with Gasteiger partial charge in [0.2, 0.25) is 0 Å². The fourth-order valence-corrected chi connectivity index (χ4v) is 3.37. The second-order valence-electron chi connectivity index (χ2n) is 7.30. The van der Waals surface area contributed by atoms with Crippen LogP contribution in [0.5, 0.6) is 0 Å². The van der Waals surface area contributed by atoms with E-state index in [-0.39, 0.29) is 11.6 Å². The molecule has 1 amide bonds. The highest BCUT2D eigenvalue weighted by Crippen LogP contribution is 2.35. The second kappa shape index (κ2) is 7.92. The van der Waals surface area contributed by atoms with Crippen molar-refractivity contribution in [1.82, 2.24) is 20.0 Å². The highest BCUT2D eigenvalue weighted by molar-refractivity contribution is 6.05. The molecule has 0 atom stereocenters. The van der Waals surface area contributed by atoms with Crippen molar-refractivity contribution in [2.45, 2.75) is 13.1 Å². The smallest absolute Gasteiger partial charge is 0.307 e. The number of fused-ring (bicyclic) bond motifs is 1. The molecule has 0 saturated carbocycles. The van der Waals surface area contributed by atoms with Crippen LogP contribution in [0.15, 0.2) is 61.4 Å². The van der Waals surface area contributed by atoms with Gasteiger partial charge in [-0.1, -0.05) is 24.8 Å². The molecule has 32 heavy (non-hydrogen) atoms. The van der Waals surface area contributed by atoms with Crippen molar-refractivity contribution in [3.8, 4) is 11.1 Å². The predicted molar refractivity (Wildman–Crippen MR) is 116 cm³/mol. The average Bonchev–Trinajstić information content (AvgIpc) is 3.16. The molecule has 0 aliphatic rings. The van der Waals surface area contributed by atoms with Crippen molar-refractivity contribution in [3.63, 3.8) is 0 Å². The predicted octanol–water partition coefficient (Wildman–Crippen LogP) is 5.17. The van der Waals surface area contributed by atoms with Crippen LogP contribution in [0.1, 0.15) is 21.6 Å². The molecule has 0 fully saturated rings. The van der Waals surface area contributed by atoms with E-state index in [0.717, 1.165) is 16.7 Å². The molecule has 2 heterocycles. The molecular weight excluding hydrogens is 419 g/mol. The van der Waals surface area contributed by atoms with Gasteiger partial charge in [-0.25, -0.2) is 0 Å². The lowest BCUT2D eigenvalue weighted by Gasteiger charge is -2.13. The highest BCUT2D eigenvalue weighted by atomic mass is 19.4. The van der Waals surface area contributed by atoms with Crippen molar-refractivity contribution in [2.75, 3.05) is 5.32 Å². The molecule has 2 aromatic carbocycles. The Labute approximate surface area is 181 Å². The lowest BCUT2D eigenvalue weighted by atomic mass is 9.95. The molecule has 162 valence electrons. The summed E-state index contributed by atoms with van der Waals surface area (Å²) in [7, 11) is 1.72. The summed E-state index contributed by atoms with van der Waals surface area (Å²) < 4.78 is 40.9. The van der Waals surface area contributed by atoms with Gasteiger partial charge in [0.25, 0.3) is 5.91 Å². The molecule has 0 bridgehead atoms. The van der Waals surface area contributed by atoms with Crippen LogP contribution in [-0.4, -0.2) is 32.1 Å². The molecule has 0 saturated heterocycles. The first-order valence-electron chi connectivity index (χ1n) is 9.57. The standard InChI is InChI=1S/C23H18F3N5O/c1-13-4-5-16(22(32)29-20-8-9-28-31(20)3)11-19(13)15-6-7-18-17(10-15)12-27-30-21(18)14(2)23(24,25)26/h4-12H,2H2,1,3H3,(H,29,32). The van der Waals surface area contributed by atoms with Crippen LogP contribution in [-0.2, 0) is 7.05 Å². The fourth-order valence-electron chi connectivity index (χ4n) is 3.37. The summed E-state index contributed by atoms with van der Waals surface area (Å²) in [6.07, 6.45) is -1.62. The van der Waals surface area contributed by atoms with E-state index in [1.165, 1.54) is 6.20 Å². The Morgan fingerprint density at radius 3 is 2.59 bits per heavy atom. The van der Waals surface area contributed by atoms with Crippen molar-refractivity contribution < 1.29 is 18.0 Å². The van der Waals surface area contributed by atoms with E-state index in [2.05, 4.69) is 27.2 Å². The quantitative estimate of drug-likeness (QED) is 0.478. The van der Waals surface area contributed by atoms with Crippen LogP contribution in [0.3, 0.4) is 0 Å². The Balaban J connectivity index is 1.73. The van der Waals surface area contributed by atoms with Gasteiger partial charge in [0.05, 0.1) is 18.0 Å². The average molecular weight is 437 g/mol. The summed E-state index contributed by atoms with van der Waals surface area (Å²) in [5, 5.41) is 15.0. The first kappa shape index (κ1) is 21.2. The van der Waals surface area contributed by atoms with Crippen LogP contribution in [0.2, 0.25) is 0 Å². The van der Waals surface area contributed by atoms with Gasteiger partial charge in [-0.2, -0.15) is 23.4 Å². The third-order valence-electron chi connectivity index (χ3n) is 5.16. The van der Waals surface area contributed by atoms with Crippen molar-refractivity contribution in [2.24, 2.45) is 7.05 Å². The molecule has 0 aliphatic heterocycles. The SMILES string of the molecule is C=C(c1nncc2cc(-c3cc(C(=O)Nc4ccnn4C)ccc3C)ccc12)C(F)(F)F. The molecule has 0 unspecified atom stereocenters. The highest BCUT2D eigenvalue weighted by Gasteiger charge is 2.35. The Morgan fingerprint density at radius 2 is 1.91 bits per heavy atom. The Kier molecular flexibility index (Phi) is 5.25. The van der Waals surface area contributed by atoms with Crippen molar-refractivity contribution in [1.29, 1.82) is 0 Å². The summed E-state index contributed by atoms with van der Waals surface area (Å²) in [5.41, 5.74) is 1.50. The number of nitrogens with one attached hydrogen (secondary N) is 1. The number of aromatic nitrogens is 4. The second-order valence-corrected chi connectivity index (χ2v) is 7.30. The monoisotopic (exact) mass is 437 g/mol. The number of nitrogens with zero attached hydrogens (tertiary/aromatic N) is 4. The minimum Gasteiger partial charge on any atom is -0.307 e. The maximum absolute atomic E-state index is 13.1. The Hall–Kier alpha value is -4.01. The molecule has 9 heteroatoms. The number of carbonyl (C=O) groups is 1. The molecule has 1 N–H and O–H groups in total. The van der Waals surface area contributed by atoms with Crippen LogP contribution in [0.25, 0.3) is 27.5 Å². The normalized spacial score (nSPS) is 11.5. The van der Waals surface area contributed by atoms with Gasteiger partial charge in [0.1, 0.15) is 11.5 Å². The van der Waals surface area contributed by atoms with Crippen molar-refractivity contribution in [3.05, 3.63) is 78.3 Å². The molecule has 4 aromatic rings. The Bertz CT molecular complexity index is 1360. The number of allylic oxidation sites excluding steroid dienone is 1. The lowest BCUT2D eigenvalue weighted by molar-refractivity contribution is -0.0688. The van der Waals surface area contributed by atoms with Gasteiger partial charge >= 0.3 is 6.18 Å². The van der Waals surface area contributed by atoms with E-state index in [1.807, 2.05) is 13.0 Å². The van der Waals surface area contributed by atoms with E-state index in [9.17, 15) is 18.0 Å². The number of rotatable bonds is 4. The molecule has 0 radical (unpaired) electrons. The van der Waals surface area contributed by atoms with Gasteiger partial charge in [-0.15, -0.1) is 5.10 Å². The number of amides is 1. The molecular formula is C23H18F3N5O. The summed E-state index contributed by atoms with van der Waals surface area (Å²) in [6, 6.07) is 11.9. The fraction of sp³-hybridized carbons (Fsp3) is 0.130. The molecule has 4 rings (SSSR count).